The summed E-state index contributed by atoms with van der Waals surface area (Å²) < 4.78 is 0. The summed E-state index contributed by atoms with van der Waals surface area (Å²) >= 11 is 0. The second-order valence-electron chi connectivity index (χ2n) is 6.28. The zero-order valence-corrected chi connectivity index (χ0v) is 13.9. The minimum Gasteiger partial charge on any atom is -0.345 e. The molecule has 1 aliphatic heterocycles. The summed E-state index contributed by atoms with van der Waals surface area (Å²) in [7, 11) is 1.43. The first kappa shape index (κ1) is 17.4. The largest absolute Gasteiger partial charge is 0.345 e. The maximum absolute atomic E-state index is 12.4. The number of halogens is 1. The normalized spacial score (nSPS) is 19.0. The summed E-state index contributed by atoms with van der Waals surface area (Å²) in [5.74, 6) is -0.571. The Morgan fingerprint density at radius 2 is 1.91 bits per heavy atom. The number of carbonyl (C=O) groups is 3. The molecule has 3 rings (SSSR count). The lowest BCUT2D eigenvalue weighted by atomic mass is 9.95. The van der Waals surface area contributed by atoms with Gasteiger partial charge in [-0.25, -0.2) is 0 Å². The average Bonchev–Trinajstić information content (AvgIpc) is 3.34. The highest BCUT2D eigenvalue weighted by molar-refractivity contribution is 6.21. The molecule has 2 aliphatic rings. The molecule has 1 saturated carbocycles. The summed E-state index contributed by atoms with van der Waals surface area (Å²) in [6.45, 7) is 2.31. The van der Waals surface area contributed by atoms with E-state index in [1.165, 1.54) is 19.2 Å². The number of amides is 3. The van der Waals surface area contributed by atoms with Crippen LogP contribution >= 0.6 is 12.4 Å². The highest BCUT2D eigenvalue weighted by Crippen LogP contribution is 2.39. The van der Waals surface area contributed by atoms with Crippen molar-refractivity contribution >= 4 is 30.1 Å². The molecule has 1 atom stereocenters. The minimum absolute atomic E-state index is 0. The van der Waals surface area contributed by atoms with E-state index in [-0.39, 0.29) is 35.7 Å². The Morgan fingerprint density at radius 1 is 1.30 bits per heavy atom. The molecule has 1 aromatic rings. The van der Waals surface area contributed by atoms with Gasteiger partial charge in [-0.15, -0.1) is 12.4 Å². The molecule has 7 heteroatoms. The number of hydrogen-bond acceptors (Lipinski definition) is 4. The van der Waals surface area contributed by atoms with Gasteiger partial charge >= 0.3 is 0 Å². The highest BCUT2D eigenvalue weighted by atomic mass is 35.5. The zero-order valence-electron chi connectivity index (χ0n) is 13.1. The summed E-state index contributed by atoms with van der Waals surface area (Å²) in [6.07, 6.45) is 2.13. The summed E-state index contributed by atoms with van der Waals surface area (Å²) in [5, 5.41) is 2.98. The smallest absolute Gasteiger partial charge is 0.261 e. The van der Waals surface area contributed by atoms with Crippen molar-refractivity contribution in [3.8, 4) is 0 Å². The number of benzene rings is 1. The lowest BCUT2D eigenvalue weighted by Gasteiger charge is -2.29. The van der Waals surface area contributed by atoms with E-state index in [2.05, 4.69) is 5.32 Å². The predicted molar refractivity (Wildman–Crippen MR) is 87.8 cm³/mol. The van der Waals surface area contributed by atoms with E-state index in [1.54, 1.807) is 6.07 Å². The van der Waals surface area contributed by atoms with E-state index in [0.29, 0.717) is 23.6 Å². The standard InChI is InChI=1S/C16H19N3O3.ClH/c1-16(8-17,10-4-5-10)18-13(20)9-3-6-11-12(7-9)15(22)19(2)14(11)21;/h3,6-7,10H,4-5,8,17H2,1-2H3,(H,18,20);1H. The Hall–Kier alpha value is -1.92. The van der Waals surface area contributed by atoms with Gasteiger partial charge in [-0.1, -0.05) is 0 Å². The molecule has 0 bridgehead atoms. The molecule has 1 heterocycles. The number of fused-ring (bicyclic) bond motifs is 1. The molecule has 0 saturated heterocycles. The minimum atomic E-state index is -0.424. The number of nitrogens with one attached hydrogen (secondary N) is 1. The van der Waals surface area contributed by atoms with Crippen molar-refractivity contribution in [1.29, 1.82) is 0 Å². The van der Waals surface area contributed by atoms with E-state index in [4.69, 9.17) is 5.73 Å². The van der Waals surface area contributed by atoms with Gasteiger partial charge in [-0.3, -0.25) is 19.3 Å². The molecule has 3 N–H and O–H groups in total. The third-order valence-corrected chi connectivity index (χ3v) is 4.65. The van der Waals surface area contributed by atoms with Crippen molar-refractivity contribution in [3.63, 3.8) is 0 Å². The van der Waals surface area contributed by atoms with Crippen LogP contribution in [0.5, 0.6) is 0 Å². The summed E-state index contributed by atoms with van der Waals surface area (Å²) in [6, 6.07) is 4.59. The van der Waals surface area contributed by atoms with Crippen LogP contribution in [0.4, 0.5) is 0 Å². The molecule has 1 aliphatic carbocycles. The first-order valence-corrected chi connectivity index (χ1v) is 7.36. The van der Waals surface area contributed by atoms with Crippen LogP contribution in [0.15, 0.2) is 18.2 Å². The van der Waals surface area contributed by atoms with Crippen molar-refractivity contribution in [2.24, 2.45) is 11.7 Å². The number of imide groups is 1. The van der Waals surface area contributed by atoms with E-state index >= 15 is 0 Å². The maximum atomic E-state index is 12.4. The Morgan fingerprint density at radius 3 is 2.48 bits per heavy atom. The van der Waals surface area contributed by atoms with Crippen LogP contribution in [-0.2, 0) is 0 Å². The third kappa shape index (κ3) is 2.84. The van der Waals surface area contributed by atoms with Gasteiger partial charge in [-0.2, -0.15) is 0 Å². The number of nitrogens with zero attached hydrogens (tertiary/aromatic N) is 1. The number of hydrogen-bond donors (Lipinski definition) is 2. The average molecular weight is 338 g/mol. The molecule has 0 spiro atoms. The van der Waals surface area contributed by atoms with Gasteiger partial charge in [0.2, 0.25) is 0 Å². The Bertz CT molecular complexity index is 687. The summed E-state index contributed by atoms with van der Waals surface area (Å²) in [5.41, 5.74) is 6.37. The highest BCUT2D eigenvalue weighted by Gasteiger charge is 2.42. The van der Waals surface area contributed by atoms with Crippen molar-refractivity contribution < 1.29 is 14.4 Å². The van der Waals surface area contributed by atoms with Gasteiger partial charge in [0.05, 0.1) is 16.7 Å². The Labute approximate surface area is 140 Å². The van der Waals surface area contributed by atoms with Gasteiger partial charge in [-0.05, 0) is 43.9 Å². The SMILES string of the molecule is CN1C(=O)c2ccc(C(=O)NC(C)(CN)C3CC3)cc2C1=O.Cl. The van der Waals surface area contributed by atoms with Gasteiger partial charge in [0.25, 0.3) is 17.7 Å². The second kappa shape index (κ2) is 5.94. The van der Waals surface area contributed by atoms with Crippen LogP contribution in [0, 0.1) is 5.92 Å². The molecule has 1 unspecified atom stereocenters. The zero-order chi connectivity index (χ0) is 16.1. The molecule has 124 valence electrons. The second-order valence-corrected chi connectivity index (χ2v) is 6.28. The fourth-order valence-electron chi connectivity index (χ4n) is 2.87. The van der Waals surface area contributed by atoms with Gasteiger partial charge in [0.15, 0.2) is 0 Å². The molecule has 0 aromatic heterocycles. The van der Waals surface area contributed by atoms with Gasteiger partial charge < -0.3 is 11.1 Å². The fraction of sp³-hybridized carbons (Fsp3) is 0.438. The fourth-order valence-corrected chi connectivity index (χ4v) is 2.87. The number of carbonyl (C=O) groups excluding carboxylic acids is 3. The lowest BCUT2D eigenvalue weighted by molar-refractivity contribution is 0.0693. The van der Waals surface area contributed by atoms with Crippen molar-refractivity contribution in [3.05, 3.63) is 34.9 Å². The first-order chi connectivity index (χ1) is 10.4. The number of rotatable bonds is 4. The molecule has 6 nitrogen and oxygen atoms in total. The topological polar surface area (TPSA) is 92.5 Å². The predicted octanol–water partition coefficient (Wildman–Crippen LogP) is 1.19. The van der Waals surface area contributed by atoms with E-state index in [1.807, 2.05) is 6.92 Å². The lowest BCUT2D eigenvalue weighted by Crippen LogP contribution is -2.53. The molecular formula is C16H20ClN3O3. The molecule has 1 aromatic carbocycles. The third-order valence-electron chi connectivity index (χ3n) is 4.65. The molecule has 0 radical (unpaired) electrons. The van der Waals surface area contributed by atoms with E-state index < -0.39 is 5.54 Å². The first-order valence-electron chi connectivity index (χ1n) is 7.36. The van der Waals surface area contributed by atoms with Crippen molar-refractivity contribution in [2.75, 3.05) is 13.6 Å². The summed E-state index contributed by atoms with van der Waals surface area (Å²) in [4.78, 5) is 37.3. The van der Waals surface area contributed by atoms with Crippen LogP contribution < -0.4 is 11.1 Å². The Kier molecular flexibility index (Phi) is 4.50. The van der Waals surface area contributed by atoms with Crippen LogP contribution in [-0.4, -0.2) is 41.8 Å². The maximum Gasteiger partial charge on any atom is 0.261 e. The van der Waals surface area contributed by atoms with E-state index in [0.717, 1.165) is 17.7 Å². The van der Waals surface area contributed by atoms with Crippen LogP contribution in [0.3, 0.4) is 0 Å². The number of nitrogens with two attached hydrogens (primary N) is 1. The van der Waals surface area contributed by atoms with Gasteiger partial charge in [0, 0.05) is 19.2 Å². The van der Waals surface area contributed by atoms with Crippen LogP contribution in [0.25, 0.3) is 0 Å². The van der Waals surface area contributed by atoms with Crippen molar-refractivity contribution in [2.45, 2.75) is 25.3 Å². The molecular weight excluding hydrogens is 318 g/mol. The molecule has 23 heavy (non-hydrogen) atoms. The van der Waals surface area contributed by atoms with Crippen molar-refractivity contribution in [1.82, 2.24) is 10.2 Å². The van der Waals surface area contributed by atoms with Gasteiger partial charge in [0.1, 0.15) is 0 Å². The monoisotopic (exact) mass is 337 g/mol. The quantitative estimate of drug-likeness (QED) is 0.807. The van der Waals surface area contributed by atoms with Crippen LogP contribution in [0.1, 0.15) is 50.8 Å². The molecule has 1 fully saturated rings. The van der Waals surface area contributed by atoms with E-state index in [9.17, 15) is 14.4 Å². The van der Waals surface area contributed by atoms with Crippen LogP contribution in [0.2, 0.25) is 0 Å². The Balaban J connectivity index is 0.00000192. The molecule has 3 amide bonds.